The SMILES string of the molecule is COc1ccccc1-c1csc(-n2c3ccccc3c3ccccc32)c1O.COc1ccccc1-c1csc(-n2c3ccccc3c3ccccc32)c1O.[CH2-]c1ccccc1.[CH2-]c1ccccc1.[Zr+2]. The monoisotopic (exact) mass is 1010 g/mol. The number of nitrogens with zero attached hydrogens (tertiary/aromatic N) is 2. The molecule has 0 aliphatic carbocycles. The van der Waals surface area contributed by atoms with E-state index in [-0.39, 0.29) is 37.7 Å². The summed E-state index contributed by atoms with van der Waals surface area (Å²) in [4.78, 5) is 0. The fourth-order valence-corrected chi connectivity index (χ4v) is 10.3. The van der Waals surface area contributed by atoms with Gasteiger partial charge in [0, 0.05) is 54.6 Å². The summed E-state index contributed by atoms with van der Waals surface area (Å²) in [5, 5.41) is 32.6. The van der Waals surface area contributed by atoms with Gasteiger partial charge in [-0.15, -0.1) is 46.9 Å². The fraction of sp³-hybridized carbons (Fsp3) is 0.0333. The van der Waals surface area contributed by atoms with Crippen molar-refractivity contribution in [1.82, 2.24) is 9.13 Å². The molecule has 0 bridgehead atoms. The summed E-state index contributed by atoms with van der Waals surface area (Å²) in [5.41, 5.74) is 9.84. The van der Waals surface area contributed by atoms with Gasteiger partial charge in [0.2, 0.25) is 0 Å². The van der Waals surface area contributed by atoms with Crippen molar-refractivity contribution in [3.8, 4) is 55.3 Å². The summed E-state index contributed by atoms with van der Waals surface area (Å²) < 4.78 is 15.2. The molecule has 4 heterocycles. The summed E-state index contributed by atoms with van der Waals surface area (Å²) in [6.07, 6.45) is 0. The van der Waals surface area contributed by atoms with Gasteiger partial charge in [0.25, 0.3) is 0 Å². The molecule has 0 amide bonds. The molecule has 0 spiro atoms. The van der Waals surface area contributed by atoms with Crippen LogP contribution in [-0.2, 0) is 26.2 Å². The van der Waals surface area contributed by atoms with Crippen LogP contribution in [0.5, 0.6) is 23.0 Å². The van der Waals surface area contributed by atoms with Gasteiger partial charge in [-0.05, 0) is 36.4 Å². The van der Waals surface area contributed by atoms with Gasteiger partial charge >= 0.3 is 26.2 Å². The van der Waals surface area contributed by atoms with E-state index in [4.69, 9.17) is 9.47 Å². The van der Waals surface area contributed by atoms with Crippen molar-refractivity contribution in [3.05, 3.63) is 242 Å². The van der Waals surface area contributed by atoms with Crippen LogP contribution in [-0.4, -0.2) is 33.6 Å². The summed E-state index contributed by atoms with van der Waals surface area (Å²) in [7, 11) is 3.30. The standard InChI is InChI=1S/2C23H17NO2S.2C7H7.Zr/c2*1-26-21-13-7-4-10-17(21)18-14-27-23(22(18)25)24-19-11-5-2-8-15(19)16-9-3-6-12-20(16)24;2*1-7-5-3-2-4-6-7;/h2*2-14,25H,1H3;2*2-6H,1H2;/q;;2*-1;+2. The molecule has 0 saturated heterocycles. The third-order valence-electron chi connectivity index (χ3n) is 11.5. The van der Waals surface area contributed by atoms with Gasteiger partial charge in [0.05, 0.1) is 36.3 Å². The third kappa shape index (κ3) is 9.95. The Balaban J connectivity index is 0.000000144. The molecular formula is C60H48N2O4S2Zr. The molecule has 0 unspecified atom stereocenters. The molecule has 0 fully saturated rings. The van der Waals surface area contributed by atoms with Crippen LogP contribution in [0.3, 0.4) is 0 Å². The van der Waals surface area contributed by atoms with Gasteiger partial charge in [0.1, 0.15) is 21.5 Å². The van der Waals surface area contributed by atoms with E-state index < -0.39 is 0 Å². The number of aromatic hydroxyl groups is 2. The summed E-state index contributed by atoms with van der Waals surface area (Å²) in [5.74, 6) is 2.05. The van der Waals surface area contributed by atoms with E-state index >= 15 is 0 Å². The van der Waals surface area contributed by atoms with Crippen LogP contribution in [0.25, 0.3) is 75.9 Å². The minimum atomic E-state index is 0. The number of hydrogen-bond donors (Lipinski definition) is 2. The molecule has 12 rings (SSSR count). The van der Waals surface area contributed by atoms with Crippen LogP contribution < -0.4 is 9.47 Å². The molecule has 0 saturated carbocycles. The Labute approximate surface area is 429 Å². The number of methoxy groups -OCH3 is 2. The van der Waals surface area contributed by atoms with Crippen LogP contribution in [0.1, 0.15) is 11.1 Å². The molecule has 2 N–H and O–H groups in total. The van der Waals surface area contributed by atoms with Crippen molar-refractivity contribution in [2.45, 2.75) is 0 Å². The Hall–Kier alpha value is -7.42. The Bertz CT molecular complexity index is 3270. The van der Waals surface area contributed by atoms with E-state index in [1.54, 1.807) is 14.2 Å². The van der Waals surface area contributed by atoms with E-state index in [9.17, 15) is 10.2 Å². The maximum absolute atomic E-state index is 11.1. The smallest absolute Gasteiger partial charge is 0.504 e. The van der Waals surface area contributed by atoms with Gasteiger partial charge in [-0.25, -0.2) is 0 Å². The molecule has 9 heteroatoms. The van der Waals surface area contributed by atoms with E-state index in [1.807, 2.05) is 168 Å². The van der Waals surface area contributed by atoms with E-state index in [0.717, 1.165) is 76.9 Å². The van der Waals surface area contributed by atoms with Gasteiger partial charge in [-0.2, -0.15) is 49.2 Å². The van der Waals surface area contributed by atoms with E-state index in [0.29, 0.717) is 0 Å². The minimum absolute atomic E-state index is 0. The molecule has 8 aromatic carbocycles. The first kappa shape index (κ1) is 48.1. The number of aromatic nitrogens is 2. The largest absolute Gasteiger partial charge is 2.00 e. The van der Waals surface area contributed by atoms with Crippen molar-refractivity contribution < 1.29 is 45.9 Å². The van der Waals surface area contributed by atoms with Gasteiger partial charge < -0.3 is 19.7 Å². The summed E-state index contributed by atoms with van der Waals surface area (Å²) in [6, 6.07) is 68.5. The summed E-state index contributed by atoms with van der Waals surface area (Å²) in [6.45, 7) is 7.44. The van der Waals surface area contributed by atoms with E-state index in [1.165, 1.54) is 44.2 Å². The Morgan fingerprint density at radius 3 is 0.928 bits per heavy atom. The van der Waals surface area contributed by atoms with Gasteiger partial charge in [0.15, 0.2) is 11.5 Å². The number of hydrogen-bond acceptors (Lipinski definition) is 6. The molecule has 0 aliphatic heterocycles. The second-order valence-electron chi connectivity index (χ2n) is 15.7. The molecule has 338 valence electrons. The first-order valence-corrected chi connectivity index (χ1v) is 23.7. The average Bonchev–Trinajstić information content (AvgIpc) is 4.14. The minimum Gasteiger partial charge on any atom is -0.504 e. The van der Waals surface area contributed by atoms with Crippen LogP contribution >= 0.6 is 22.7 Å². The Morgan fingerprint density at radius 2 is 0.638 bits per heavy atom. The predicted molar refractivity (Wildman–Crippen MR) is 286 cm³/mol. The fourth-order valence-electron chi connectivity index (χ4n) is 8.36. The second kappa shape index (κ2) is 22.1. The number of fused-ring (bicyclic) bond motifs is 6. The van der Waals surface area contributed by atoms with Crippen LogP contribution in [0.15, 0.2) is 217 Å². The maximum atomic E-state index is 11.1. The van der Waals surface area contributed by atoms with Crippen molar-refractivity contribution in [3.63, 3.8) is 0 Å². The topological polar surface area (TPSA) is 68.8 Å². The van der Waals surface area contributed by atoms with Crippen molar-refractivity contribution in [2.24, 2.45) is 0 Å². The zero-order chi connectivity index (χ0) is 47.0. The van der Waals surface area contributed by atoms with E-state index in [2.05, 4.69) is 71.5 Å². The van der Waals surface area contributed by atoms with Crippen LogP contribution in [0.4, 0.5) is 0 Å². The zero-order valence-corrected chi connectivity index (χ0v) is 42.2. The van der Waals surface area contributed by atoms with Crippen molar-refractivity contribution >= 4 is 66.3 Å². The molecule has 0 aliphatic rings. The van der Waals surface area contributed by atoms with Crippen molar-refractivity contribution in [2.75, 3.05) is 14.2 Å². The second-order valence-corrected chi connectivity index (χ2v) is 17.4. The average molecular weight is 1020 g/mol. The van der Waals surface area contributed by atoms with Gasteiger partial charge in [-0.3, -0.25) is 9.13 Å². The number of ether oxygens (including phenoxy) is 2. The number of para-hydroxylation sites is 6. The predicted octanol–water partition coefficient (Wildman–Crippen LogP) is 16.2. The Morgan fingerprint density at radius 1 is 0.362 bits per heavy atom. The summed E-state index contributed by atoms with van der Waals surface area (Å²) >= 11 is 3.07. The molecule has 12 aromatic rings. The molecule has 4 aromatic heterocycles. The van der Waals surface area contributed by atoms with Crippen molar-refractivity contribution in [1.29, 1.82) is 0 Å². The molecule has 0 atom stereocenters. The first-order valence-electron chi connectivity index (χ1n) is 22.0. The molecule has 69 heavy (non-hydrogen) atoms. The van der Waals surface area contributed by atoms with Crippen LogP contribution in [0.2, 0.25) is 0 Å². The number of benzene rings is 8. The molecular weight excluding hydrogens is 968 g/mol. The third-order valence-corrected chi connectivity index (χ3v) is 13.4. The first-order chi connectivity index (χ1) is 33.4. The normalized spacial score (nSPS) is 10.6. The Kier molecular flexibility index (Phi) is 15.4. The quantitative estimate of drug-likeness (QED) is 0.163. The molecule has 0 radical (unpaired) electrons. The van der Waals surface area contributed by atoms with Crippen LogP contribution in [0, 0.1) is 13.8 Å². The molecule has 6 nitrogen and oxygen atoms in total. The zero-order valence-electron chi connectivity index (χ0n) is 38.1. The number of rotatable bonds is 6. The van der Waals surface area contributed by atoms with Gasteiger partial charge in [-0.1, -0.05) is 121 Å². The number of thiophene rings is 2. The maximum Gasteiger partial charge on any atom is 2.00 e.